The summed E-state index contributed by atoms with van der Waals surface area (Å²) < 4.78 is 0.370. The quantitative estimate of drug-likeness (QED) is 0.710. The Labute approximate surface area is 74.6 Å². The van der Waals surface area contributed by atoms with E-state index in [0.717, 1.165) is 12.2 Å². The average Bonchev–Trinajstić information content (AvgIpc) is 1.85. The van der Waals surface area contributed by atoms with Crippen LogP contribution in [-0.4, -0.2) is 22.2 Å². The predicted molar refractivity (Wildman–Crippen MR) is 53.1 cm³/mol. The van der Waals surface area contributed by atoms with Gasteiger partial charge in [-0.25, -0.2) is 0 Å². The Morgan fingerprint density at radius 3 is 2.27 bits per heavy atom. The lowest BCUT2D eigenvalue weighted by Crippen LogP contribution is -2.10. The summed E-state index contributed by atoms with van der Waals surface area (Å²) in [4.78, 5) is 0. The van der Waals surface area contributed by atoms with Crippen LogP contribution in [0.4, 0.5) is 0 Å². The Kier molecular flexibility index (Phi) is 5.19. The lowest BCUT2D eigenvalue weighted by molar-refractivity contribution is 0.235. The van der Waals surface area contributed by atoms with Crippen molar-refractivity contribution in [3.63, 3.8) is 0 Å². The normalized spacial score (nSPS) is 15.0. The number of aliphatic hydroxyl groups is 1. The highest BCUT2D eigenvalue weighted by molar-refractivity contribution is 8.00. The van der Waals surface area contributed by atoms with Crippen molar-refractivity contribution in [2.24, 2.45) is 5.92 Å². The molecular weight excluding hydrogens is 156 g/mol. The van der Waals surface area contributed by atoms with Crippen LogP contribution >= 0.6 is 11.8 Å². The Morgan fingerprint density at radius 1 is 1.36 bits per heavy atom. The standard InChI is InChI=1S/C9H20OS/c1-8(7-10)5-6-11-9(2,3)4/h8,10H,5-7H2,1-4H3. The van der Waals surface area contributed by atoms with Gasteiger partial charge in [0, 0.05) is 11.4 Å². The van der Waals surface area contributed by atoms with Gasteiger partial charge in [-0.15, -0.1) is 0 Å². The molecule has 0 aliphatic carbocycles. The van der Waals surface area contributed by atoms with E-state index < -0.39 is 0 Å². The van der Waals surface area contributed by atoms with Crippen LogP contribution in [0, 0.1) is 5.92 Å². The number of aliphatic hydroxyl groups excluding tert-OH is 1. The lowest BCUT2D eigenvalue weighted by Gasteiger charge is -2.18. The van der Waals surface area contributed by atoms with Gasteiger partial charge in [0.25, 0.3) is 0 Å². The number of rotatable bonds is 4. The molecule has 1 nitrogen and oxygen atoms in total. The fraction of sp³-hybridized carbons (Fsp3) is 1.00. The van der Waals surface area contributed by atoms with Gasteiger partial charge in [0.2, 0.25) is 0 Å². The van der Waals surface area contributed by atoms with E-state index in [2.05, 4.69) is 27.7 Å². The number of hydrogen-bond donors (Lipinski definition) is 1. The molecule has 1 unspecified atom stereocenters. The monoisotopic (exact) mass is 176 g/mol. The van der Waals surface area contributed by atoms with Crippen LogP contribution in [0.5, 0.6) is 0 Å². The maximum absolute atomic E-state index is 8.75. The molecular formula is C9H20OS. The summed E-state index contributed by atoms with van der Waals surface area (Å²) in [6.45, 7) is 9.08. The van der Waals surface area contributed by atoms with E-state index in [0.29, 0.717) is 17.3 Å². The minimum Gasteiger partial charge on any atom is -0.396 e. The molecule has 0 heterocycles. The van der Waals surface area contributed by atoms with Gasteiger partial charge in [-0.1, -0.05) is 27.7 Å². The smallest absolute Gasteiger partial charge is 0.0456 e. The summed E-state index contributed by atoms with van der Waals surface area (Å²) in [5.41, 5.74) is 0. The molecule has 0 saturated heterocycles. The van der Waals surface area contributed by atoms with Crippen molar-refractivity contribution in [2.45, 2.75) is 38.9 Å². The first kappa shape index (κ1) is 11.3. The molecule has 0 radical (unpaired) electrons. The third kappa shape index (κ3) is 8.21. The van der Waals surface area contributed by atoms with Crippen LogP contribution in [0.15, 0.2) is 0 Å². The van der Waals surface area contributed by atoms with E-state index >= 15 is 0 Å². The first-order valence-electron chi connectivity index (χ1n) is 4.20. The van der Waals surface area contributed by atoms with Crippen molar-refractivity contribution in [2.75, 3.05) is 12.4 Å². The highest BCUT2D eigenvalue weighted by atomic mass is 32.2. The van der Waals surface area contributed by atoms with E-state index in [9.17, 15) is 0 Å². The van der Waals surface area contributed by atoms with Crippen molar-refractivity contribution < 1.29 is 5.11 Å². The van der Waals surface area contributed by atoms with Gasteiger partial charge in [-0.05, 0) is 18.1 Å². The van der Waals surface area contributed by atoms with Crippen molar-refractivity contribution >= 4 is 11.8 Å². The maximum atomic E-state index is 8.75. The van der Waals surface area contributed by atoms with Gasteiger partial charge in [0.15, 0.2) is 0 Å². The van der Waals surface area contributed by atoms with Crippen LogP contribution in [0.25, 0.3) is 0 Å². The SMILES string of the molecule is CC(CO)CCSC(C)(C)C. The van der Waals surface area contributed by atoms with Crippen LogP contribution in [0.1, 0.15) is 34.1 Å². The largest absolute Gasteiger partial charge is 0.396 e. The minimum absolute atomic E-state index is 0.324. The second kappa shape index (κ2) is 5.04. The molecule has 0 fully saturated rings. The molecule has 68 valence electrons. The van der Waals surface area contributed by atoms with Crippen molar-refractivity contribution in [1.29, 1.82) is 0 Å². The molecule has 0 spiro atoms. The van der Waals surface area contributed by atoms with E-state index in [1.807, 2.05) is 11.8 Å². The molecule has 0 aromatic rings. The van der Waals surface area contributed by atoms with Crippen LogP contribution in [0.2, 0.25) is 0 Å². The highest BCUT2D eigenvalue weighted by Gasteiger charge is 2.10. The molecule has 0 aromatic carbocycles. The first-order valence-corrected chi connectivity index (χ1v) is 5.19. The summed E-state index contributed by atoms with van der Waals surface area (Å²) >= 11 is 1.97. The molecule has 1 atom stereocenters. The molecule has 2 heteroatoms. The van der Waals surface area contributed by atoms with Gasteiger partial charge >= 0.3 is 0 Å². The first-order chi connectivity index (χ1) is 4.95. The summed E-state index contributed by atoms with van der Waals surface area (Å²) in [7, 11) is 0. The Balaban J connectivity index is 3.28. The number of thioether (sulfide) groups is 1. The molecule has 0 aliphatic rings. The Bertz CT molecular complexity index is 96.2. The molecule has 11 heavy (non-hydrogen) atoms. The van der Waals surface area contributed by atoms with E-state index in [1.54, 1.807) is 0 Å². The third-order valence-electron chi connectivity index (χ3n) is 1.46. The fourth-order valence-electron chi connectivity index (χ4n) is 0.658. The summed E-state index contributed by atoms with van der Waals surface area (Å²) in [5, 5.41) is 8.75. The molecule has 0 aliphatic heterocycles. The lowest BCUT2D eigenvalue weighted by atomic mass is 10.1. The third-order valence-corrected chi connectivity index (χ3v) is 2.76. The summed E-state index contributed by atoms with van der Waals surface area (Å²) in [6.07, 6.45) is 1.12. The topological polar surface area (TPSA) is 20.2 Å². The molecule has 0 aromatic heterocycles. The molecule has 1 N–H and O–H groups in total. The zero-order chi connectivity index (χ0) is 8.91. The van der Waals surface area contributed by atoms with E-state index in [-0.39, 0.29) is 0 Å². The van der Waals surface area contributed by atoms with Gasteiger partial charge < -0.3 is 5.11 Å². The zero-order valence-electron chi connectivity index (χ0n) is 8.05. The van der Waals surface area contributed by atoms with Crippen molar-refractivity contribution in [3.8, 4) is 0 Å². The molecule has 0 saturated carbocycles. The van der Waals surface area contributed by atoms with Crippen molar-refractivity contribution in [3.05, 3.63) is 0 Å². The summed E-state index contributed by atoms with van der Waals surface area (Å²) in [6, 6.07) is 0. The predicted octanol–water partition coefficient (Wildman–Crippen LogP) is 2.54. The van der Waals surface area contributed by atoms with E-state index in [4.69, 9.17) is 5.11 Å². The highest BCUT2D eigenvalue weighted by Crippen LogP contribution is 2.24. The van der Waals surface area contributed by atoms with Crippen LogP contribution in [-0.2, 0) is 0 Å². The van der Waals surface area contributed by atoms with Gasteiger partial charge in [-0.3, -0.25) is 0 Å². The fourth-order valence-corrected chi connectivity index (χ4v) is 1.79. The van der Waals surface area contributed by atoms with E-state index in [1.165, 1.54) is 0 Å². The zero-order valence-corrected chi connectivity index (χ0v) is 8.87. The maximum Gasteiger partial charge on any atom is 0.0456 e. The Morgan fingerprint density at radius 2 is 1.91 bits per heavy atom. The summed E-state index contributed by atoms with van der Waals surface area (Å²) in [5.74, 6) is 1.62. The number of hydrogen-bond acceptors (Lipinski definition) is 2. The molecule has 0 amide bonds. The molecule has 0 bridgehead atoms. The Hall–Kier alpha value is 0.310. The van der Waals surface area contributed by atoms with Crippen LogP contribution < -0.4 is 0 Å². The van der Waals surface area contributed by atoms with Crippen molar-refractivity contribution in [1.82, 2.24) is 0 Å². The second-order valence-corrected chi connectivity index (χ2v) is 5.96. The minimum atomic E-state index is 0.324. The van der Waals surface area contributed by atoms with Gasteiger partial charge in [0.05, 0.1) is 0 Å². The second-order valence-electron chi connectivity index (χ2n) is 4.04. The molecule has 0 rings (SSSR count). The van der Waals surface area contributed by atoms with Crippen LogP contribution in [0.3, 0.4) is 0 Å². The van der Waals surface area contributed by atoms with Gasteiger partial charge in [-0.2, -0.15) is 11.8 Å². The van der Waals surface area contributed by atoms with Gasteiger partial charge in [0.1, 0.15) is 0 Å². The average molecular weight is 176 g/mol.